The van der Waals surface area contributed by atoms with Crippen LogP contribution in [0.1, 0.15) is 19.4 Å². The average Bonchev–Trinajstić information content (AvgIpc) is 2.56. The van der Waals surface area contributed by atoms with Crippen molar-refractivity contribution in [2.45, 2.75) is 26.9 Å². The van der Waals surface area contributed by atoms with Gasteiger partial charge >= 0.3 is 13.7 Å². The molecule has 2 rings (SSSR count). The Kier molecular flexibility index (Phi) is 6.62. The van der Waals surface area contributed by atoms with Crippen molar-refractivity contribution in [2.75, 3.05) is 6.54 Å². The summed E-state index contributed by atoms with van der Waals surface area (Å²) < 4.78 is 29.1. The number of ether oxygens (including phenoxy) is 1. The Bertz CT molecular complexity index is 731. The first-order valence-electron chi connectivity index (χ1n) is 7.92. The number of rotatable bonds is 8. The maximum absolute atomic E-state index is 13.1. The fourth-order valence-electron chi connectivity index (χ4n) is 1.91. The van der Waals surface area contributed by atoms with Crippen LogP contribution < -0.4 is 14.1 Å². The molecular formula is C18H22NO5P. The fraction of sp³-hybridized carbons (Fsp3) is 0.278. The van der Waals surface area contributed by atoms with Gasteiger partial charge in [-0.1, -0.05) is 35.9 Å². The zero-order valence-corrected chi connectivity index (χ0v) is 15.4. The van der Waals surface area contributed by atoms with Crippen molar-refractivity contribution < 1.29 is 23.1 Å². The number of carbonyl (C=O) groups excluding carboxylic acids is 1. The molecule has 0 aliphatic heterocycles. The van der Waals surface area contributed by atoms with E-state index in [-0.39, 0.29) is 12.6 Å². The largest absolute Gasteiger partial charge is 0.513 e. The van der Waals surface area contributed by atoms with E-state index in [1.54, 1.807) is 50.2 Å². The summed E-state index contributed by atoms with van der Waals surface area (Å²) in [6, 6.07) is 15.6. The lowest BCUT2D eigenvalue weighted by Gasteiger charge is -2.20. The van der Waals surface area contributed by atoms with Crippen molar-refractivity contribution in [1.29, 1.82) is 0 Å². The van der Waals surface area contributed by atoms with Crippen molar-refractivity contribution in [3.63, 3.8) is 0 Å². The Balaban J connectivity index is 2.13. The average molecular weight is 363 g/mol. The first-order valence-corrected chi connectivity index (χ1v) is 9.46. The van der Waals surface area contributed by atoms with E-state index in [0.29, 0.717) is 11.5 Å². The van der Waals surface area contributed by atoms with Gasteiger partial charge in [-0.05, 0) is 45.0 Å². The number of para-hydroxylation sites is 1. The van der Waals surface area contributed by atoms with E-state index in [1.807, 2.05) is 25.1 Å². The highest BCUT2D eigenvalue weighted by Crippen LogP contribution is 2.44. The summed E-state index contributed by atoms with van der Waals surface area (Å²) in [6.07, 6.45) is -0.262. The SMILES string of the molecule is Cc1ccc(OP(=O)(NCC(=O)OC(C)C)Oc2ccccc2)cc1. The first kappa shape index (κ1) is 19.0. The molecule has 2 aromatic rings. The number of hydrogen-bond donors (Lipinski definition) is 1. The van der Waals surface area contributed by atoms with Crippen LogP contribution in [0.25, 0.3) is 0 Å². The molecule has 0 fully saturated rings. The van der Waals surface area contributed by atoms with Crippen molar-refractivity contribution in [3.8, 4) is 11.5 Å². The summed E-state index contributed by atoms with van der Waals surface area (Å²) in [7, 11) is -3.83. The maximum Gasteiger partial charge on any atom is 0.513 e. The predicted molar refractivity (Wildman–Crippen MR) is 95.7 cm³/mol. The lowest BCUT2D eigenvalue weighted by atomic mass is 10.2. The Morgan fingerprint density at radius 3 is 2.12 bits per heavy atom. The third kappa shape index (κ3) is 6.61. The molecule has 0 amide bonds. The summed E-state index contributed by atoms with van der Waals surface area (Å²) in [5, 5.41) is 2.55. The molecule has 0 saturated heterocycles. The minimum atomic E-state index is -3.83. The minimum Gasteiger partial charge on any atom is -0.462 e. The highest BCUT2D eigenvalue weighted by Gasteiger charge is 2.29. The van der Waals surface area contributed by atoms with E-state index in [0.717, 1.165) is 5.56 Å². The second-order valence-corrected chi connectivity index (χ2v) is 7.36. The molecule has 1 atom stereocenters. The molecule has 0 heterocycles. The van der Waals surface area contributed by atoms with Gasteiger partial charge in [-0.25, -0.2) is 4.57 Å². The van der Waals surface area contributed by atoms with Gasteiger partial charge in [-0.15, -0.1) is 0 Å². The van der Waals surface area contributed by atoms with Gasteiger partial charge in [0.05, 0.1) is 6.10 Å². The Hall–Kier alpha value is -2.30. The molecule has 1 unspecified atom stereocenters. The van der Waals surface area contributed by atoms with Crippen molar-refractivity contribution in [1.82, 2.24) is 5.09 Å². The van der Waals surface area contributed by atoms with E-state index in [9.17, 15) is 9.36 Å². The third-order valence-electron chi connectivity index (χ3n) is 3.00. The summed E-state index contributed by atoms with van der Waals surface area (Å²) >= 11 is 0. The van der Waals surface area contributed by atoms with Gasteiger partial charge < -0.3 is 13.8 Å². The smallest absolute Gasteiger partial charge is 0.462 e. The van der Waals surface area contributed by atoms with E-state index in [4.69, 9.17) is 13.8 Å². The normalized spacial score (nSPS) is 13.1. The molecule has 134 valence electrons. The number of nitrogens with one attached hydrogen (secondary N) is 1. The highest BCUT2D eigenvalue weighted by atomic mass is 31.2. The molecule has 0 spiro atoms. The van der Waals surface area contributed by atoms with Crippen LogP contribution in [0.15, 0.2) is 54.6 Å². The summed E-state index contributed by atoms with van der Waals surface area (Å²) in [5.41, 5.74) is 1.04. The van der Waals surface area contributed by atoms with Gasteiger partial charge in [0.2, 0.25) is 0 Å². The number of carbonyl (C=O) groups is 1. The van der Waals surface area contributed by atoms with Crippen LogP contribution in [0.4, 0.5) is 0 Å². The van der Waals surface area contributed by atoms with E-state index in [2.05, 4.69) is 5.09 Å². The Labute approximate surface area is 147 Å². The van der Waals surface area contributed by atoms with E-state index in [1.165, 1.54) is 0 Å². The van der Waals surface area contributed by atoms with Gasteiger partial charge in [0.1, 0.15) is 18.0 Å². The maximum atomic E-state index is 13.1. The molecule has 2 aromatic carbocycles. The second-order valence-electron chi connectivity index (χ2n) is 5.68. The second kappa shape index (κ2) is 8.70. The molecule has 0 saturated carbocycles. The molecule has 0 bridgehead atoms. The van der Waals surface area contributed by atoms with Crippen molar-refractivity contribution in [2.24, 2.45) is 0 Å². The van der Waals surface area contributed by atoms with E-state index >= 15 is 0 Å². The van der Waals surface area contributed by atoms with Crippen LogP contribution in [-0.2, 0) is 14.1 Å². The fourth-order valence-corrected chi connectivity index (χ4v) is 3.19. The Morgan fingerprint density at radius 1 is 1.00 bits per heavy atom. The molecule has 0 aliphatic rings. The molecule has 25 heavy (non-hydrogen) atoms. The quantitative estimate of drug-likeness (QED) is 0.562. The molecular weight excluding hydrogens is 341 g/mol. The van der Waals surface area contributed by atoms with Gasteiger partial charge in [0.25, 0.3) is 0 Å². The van der Waals surface area contributed by atoms with Crippen LogP contribution >= 0.6 is 7.75 Å². The summed E-state index contributed by atoms with van der Waals surface area (Å²) in [6.45, 7) is 5.11. The van der Waals surface area contributed by atoms with Crippen LogP contribution in [0.3, 0.4) is 0 Å². The monoisotopic (exact) mass is 363 g/mol. The zero-order chi connectivity index (χ0) is 18.3. The minimum absolute atomic E-state index is 0.262. The van der Waals surface area contributed by atoms with Crippen LogP contribution in [-0.4, -0.2) is 18.6 Å². The molecule has 1 N–H and O–H groups in total. The molecule has 0 radical (unpaired) electrons. The summed E-state index contributed by atoms with van der Waals surface area (Å²) in [4.78, 5) is 11.7. The highest BCUT2D eigenvalue weighted by molar-refractivity contribution is 7.52. The molecule has 7 heteroatoms. The standard InChI is InChI=1S/C18H22NO5P/c1-14(2)22-18(20)13-19-25(21,23-16-7-5-4-6-8-16)24-17-11-9-15(3)10-12-17/h4-12,14H,13H2,1-3H3,(H,19,21). The Morgan fingerprint density at radius 2 is 1.56 bits per heavy atom. The zero-order valence-electron chi connectivity index (χ0n) is 14.5. The van der Waals surface area contributed by atoms with Crippen LogP contribution in [0.5, 0.6) is 11.5 Å². The van der Waals surface area contributed by atoms with Crippen LogP contribution in [0, 0.1) is 6.92 Å². The lowest BCUT2D eigenvalue weighted by molar-refractivity contribution is -0.145. The third-order valence-corrected chi connectivity index (χ3v) is 4.45. The topological polar surface area (TPSA) is 73.9 Å². The number of aryl methyl sites for hydroxylation is 1. The van der Waals surface area contributed by atoms with Gasteiger partial charge in [-0.3, -0.25) is 4.79 Å². The lowest BCUT2D eigenvalue weighted by Crippen LogP contribution is -2.28. The van der Waals surface area contributed by atoms with Crippen molar-refractivity contribution >= 4 is 13.7 Å². The van der Waals surface area contributed by atoms with Gasteiger partial charge in [-0.2, -0.15) is 5.09 Å². The number of esters is 1. The first-order chi connectivity index (χ1) is 11.9. The van der Waals surface area contributed by atoms with Gasteiger partial charge in [0.15, 0.2) is 0 Å². The number of hydrogen-bond acceptors (Lipinski definition) is 5. The predicted octanol–water partition coefficient (Wildman–Crippen LogP) is 4.10. The summed E-state index contributed by atoms with van der Waals surface area (Å²) in [5.74, 6) is 0.191. The molecule has 0 aromatic heterocycles. The van der Waals surface area contributed by atoms with Crippen molar-refractivity contribution in [3.05, 3.63) is 60.2 Å². The number of benzene rings is 2. The van der Waals surface area contributed by atoms with Gasteiger partial charge in [0, 0.05) is 0 Å². The van der Waals surface area contributed by atoms with E-state index < -0.39 is 13.7 Å². The molecule has 0 aliphatic carbocycles. The molecule has 6 nitrogen and oxygen atoms in total. The van der Waals surface area contributed by atoms with Crippen LogP contribution in [0.2, 0.25) is 0 Å².